The second kappa shape index (κ2) is 12.3. The van der Waals surface area contributed by atoms with Crippen molar-refractivity contribution in [2.45, 2.75) is 38.5 Å². The van der Waals surface area contributed by atoms with Gasteiger partial charge in [0.2, 0.25) is 11.8 Å². The number of nitrogens with zero attached hydrogens (tertiary/aromatic N) is 1. The average molecular weight is 417 g/mol. The second-order valence-corrected chi connectivity index (χ2v) is 7.86. The van der Waals surface area contributed by atoms with E-state index in [0.29, 0.717) is 30.8 Å². The molecule has 2 amide bonds. The normalized spacial score (nSPS) is 11.7. The molecular weight excluding hydrogens is 387 g/mol. The van der Waals surface area contributed by atoms with Gasteiger partial charge >= 0.3 is 0 Å². The van der Waals surface area contributed by atoms with Crippen LogP contribution in [0.15, 0.2) is 54.6 Å². The minimum absolute atomic E-state index is 0.110. The van der Waals surface area contributed by atoms with E-state index in [1.807, 2.05) is 37.3 Å². The number of carbonyl (C=O) groups excluding carboxylic acids is 2. The van der Waals surface area contributed by atoms with Crippen molar-refractivity contribution in [1.29, 1.82) is 0 Å². The van der Waals surface area contributed by atoms with Gasteiger partial charge in [-0.1, -0.05) is 55.5 Å². The summed E-state index contributed by atoms with van der Waals surface area (Å²) in [6.07, 6.45) is 1.52. The van der Waals surface area contributed by atoms with Crippen LogP contribution in [0.1, 0.15) is 31.4 Å². The molecule has 2 aromatic rings. The predicted molar refractivity (Wildman–Crippen MR) is 117 cm³/mol. The predicted octanol–water partition coefficient (Wildman–Crippen LogP) is 4.04. The zero-order valence-electron chi connectivity index (χ0n) is 17.1. The SMILES string of the molecule is CCCNC(=O)[C@@H](C)N(CCc1ccccc1)C(=O)CSCc1ccccc1F. The van der Waals surface area contributed by atoms with Crippen LogP contribution >= 0.6 is 11.8 Å². The van der Waals surface area contributed by atoms with E-state index in [9.17, 15) is 14.0 Å². The van der Waals surface area contributed by atoms with Crippen LogP contribution in [0.4, 0.5) is 4.39 Å². The number of halogens is 1. The Bertz CT molecular complexity index is 785. The van der Waals surface area contributed by atoms with Crippen LogP contribution in [0, 0.1) is 5.82 Å². The van der Waals surface area contributed by atoms with Gasteiger partial charge in [0.25, 0.3) is 0 Å². The molecular formula is C23H29FN2O2S. The maximum atomic E-state index is 13.8. The molecule has 0 fully saturated rings. The zero-order chi connectivity index (χ0) is 21.1. The number of hydrogen-bond acceptors (Lipinski definition) is 3. The molecule has 1 N–H and O–H groups in total. The number of hydrogen-bond donors (Lipinski definition) is 1. The molecule has 29 heavy (non-hydrogen) atoms. The number of amides is 2. The fourth-order valence-corrected chi connectivity index (χ4v) is 3.81. The summed E-state index contributed by atoms with van der Waals surface area (Å²) in [5.41, 5.74) is 1.69. The maximum absolute atomic E-state index is 13.8. The van der Waals surface area contributed by atoms with Crippen LogP contribution in [-0.4, -0.2) is 41.6 Å². The Morgan fingerprint density at radius 2 is 1.79 bits per heavy atom. The maximum Gasteiger partial charge on any atom is 0.242 e. The average Bonchev–Trinajstić information content (AvgIpc) is 2.74. The summed E-state index contributed by atoms with van der Waals surface area (Å²) >= 11 is 1.36. The van der Waals surface area contributed by atoms with E-state index in [1.54, 1.807) is 30.0 Å². The van der Waals surface area contributed by atoms with E-state index >= 15 is 0 Å². The third-order valence-electron chi connectivity index (χ3n) is 4.64. The van der Waals surface area contributed by atoms with Gasteiger partial charge in [-0.3, -0.25) is 9.59 Å². The van der Waals surface area contributed by atoms with E-state index in [4.69, 9.17) is 0 Å². The summed E-state index contributed by atoms with van der Waals surface area (Å²) in [7, 11) is 0. The van der Waals surface area contributed by atoms with Crippen LogP contribution in [0.3, 0.4) is 0 Å². The molecule has 2 aromatic carbocycles. The van der Waals surface area contributed by atoms with Gasteiger partial charge in [0, 0.05) is 18.8 Å². The molecule has 0 heterocycles. The topological polar surface area (TPSA) is 49.4 Å². The fourth-order valence-electron chi connectivity index (χ4n) is 2.91. The highest BCUT2D eigenvalue weighted by Gasteiger charge is 2.25. The van der Waals surface area contributed by atoms with Crippen molar-refractivity contribution in [3.8, 4) is 0 Å². The fraction of sp³-hybridized carbons (Fsp3) is 0.391. The second-order valence-electron chi connectivity index (χ2n) is 6.87. The molecule has 4 nitrogen and oxygen atoms in total. The van der Waals surface area contributed by atoms with Crippen molar-refractivity contribution >= 4 is 23.6 Å². The van der Waals surface area contributed by atoms with Crippen molar-refractivity contribution in [3.05, 3.63) is 71.5 Å². The Kier molecular flexibility index (Phi) is 9.71. The van der Waals surface area contributed by atoms with Crippen molar-refractivity contribution in [2.75, 3.05) is 18.8 Å². The largest absolute Gasteiger partial charge is 0.354 e. The number of thioether (sulfide) groups is 1. The van der Waals surface area contributed by atoms with E-state index < -0.39 is 6.04 Å². The van der Waals surface area contributed by atoms with Gasteiger partial charge in [0.05, 0.1) is 5.75 Å². The first-order valence-corrected chi connectivity index (χ1v) is 11.1. The van der Waals surface area contributed by atoms with Crippen molar-refractivity contribution in [2.24, 2.45) is 0 Å². The first-order valence-electron chi connectivity index (χ1n) is 9.95. The lowest BCUT2D eigenvalue weighted by molar-refractivity contribution is -0.137. The van der Waals surface area contributed by atoms with Gasteiger partial charge in [-0.2, -0.15) is 0 Å². The quantitative estimate of drug-likeness (QED) is 0.601. The van der Waals surface area contributed by atoms with E-state index in [-0.39, 0.29) is 23.4 Å². The summed E-state index contributed by atoms with van der Waals surface area (Å²) in [5, 5.41) is 2.87. The number of benzene rings is 2. The van der Waals surface area contributed by atoms with Crippen LogP contribution in [0.2, 0.25) is 0 Å². The number of nitrogens with one attached hydrogen (secondary N) is 1. The highest BCUT2D eigenvalue weighted by molar-refractivity contribution is 7.99. The highest BCUT2D eigenvalue weighted by atomic mass is 32.2. The lowest BCUT2D eigenvalue weighted by Crippen LogP contribution is -2.49. The Hall–Kier alpha value is -2.34. The monoisotopic (exact) mass is 416 g/mol. The molecule has 0 aliphatic rings. The van der Waals surface area contributed by atoms with Crippen LogP contribution in [-0.2, 0) is 21.8 Å². The lowest BCUT2D eigenvalue weighted by atomic mass is 10.1. The minimum Gasteiger partial charge on any atom is -0.354 e. The Labute approximate surface area is 176 Å². The summed E-state index contributed by atoms with van der Waals surface area (Å²) in [5.74, 6) is 0.102. The summed E-state index contributed by atoms with van der Waals surface area (Å²) in [6.45, 7) is 4.80. The van der Waals surface area contributed by atoms with Crippen LogP contribution in [0.25, 0.3) is 0 Å². The van der Waals surface area contributed by atoms with Gasteiger partial charge in [-0.25, -0.2) is 4.39 Å². The van der Waals surface area contributed by atoms with E-state index in [2.05, 4.69) is 5.32 Å². The molecule has 0 spiro atoms. The Morgan fingerprint density at radius 3 is 2.48 bits per heavy atom. The standard InChI is InChI=1S/C23H29FN2O2S/c1-3-14-25-23(28)18(2)26(15-13-19-9-5-4-6-10-19)22(27)17-29-16-20-11-7-8-12-21(20)24/h4-12,18H,3,13-17H2,1-2H3,(H,25,28)/t18-/m1/s1. The summed E-state index contributed by atoms with van der Waals surface area (Å²) in [4.78, 5) is 27.0. The molecule has 0 aliphatic heterocycles. The highest BCUT2D eigenvalue weighted by Crippen LogP contribution is 2.17. The lowest BCUT2D eigenvalue weighted by Gasteiger charge is -2.28. The molecule has 1 atom stereocenters. The van der Waals surface area contributed by atoms with Gasteiger partial charge < -0.3 is 10.2 Å². The number of rotatable bonds is 11. The van der Waals surface area contributed by atoms with Crippen molar-refractivity contribution in [3.63, 3.8) is 0 Å². The summed E-state index contributed by atoms with van der Waals surface area (Å²) in [6, 6.07) is 15.9. The molecule has 156 valence electrons. The van der Waals surface area contributed by atoms with Crippen LogP contribution < -0.4 is 5.32 Å². The van der Waals surface area contributed by atoms with Gasteiger partial charge in [-0.05, 0) is 37.0 Å². The molecule has 0 aromatic heterocycles. The minimum atomic E-state index is -0.549. The summed E-state index contributed by atoms with van der Waals surface area (Å²) < 4.78 is 13.8. The van der Waals surface area contributed by atoms with Gasteiger partial charge in [0.1, 0.15) is 11.9 Å². The molecule has 0 unspecified atom stereocenters. The van der Waals surface area contributed by atoms with Gasteiger partial charge in [-0.15, -0.1) is 11.8 Å². The first-order chi connectivity index (χ1) is 14.0. The third-order valence-corrected chi connectivity index (χ3v) is 5.61. The molecule has 2 rings (SSSR count). The number of carbonyl (C=O) groups is 2. The smallest absolute Gasteiger partial charge is 0.242 e. The van der Waals surface area contributed by atoms with Crippen molar-refractivity contribution in [1.82, 2.24) is 10.2 Å². The van der Waals surface area contributed by atoms with E-state index in [0.717, 1.165) is 12.0 Å². The molecule has 6 heteroatoms. The molecule has 0 bridgehead atoms. The van der Waals surface area contributed by atoms with Crippen LogP contribution in [0.5, 0.6) is 0 Å². The van der Waals surface area contributed by atoms with Gasteiger partial charge in [0.15, 0.2) is 0 Å². The zero-order valence-corrected chi connectivity index (χ0v) is 17.9. The van der Waals surface area contributed by atoms with Crippen molar-refractivity contribution < 1.29 is 14.0 Å². The molecule has 0 saturated heterocycles. The third kappa shape index (κ3) is 7.54. The first kappa shape index (κ1) is 22.9. The molecule has 0 aliphatic carbocycles. The molecule has 0 radical (unpaired) electrons. The molecule has 0 saturated carbocycles. The Morgan fingerprint density at radius 1 is 1.10 bits per heavy atom. The Balaban J connectivity index is 1.98. The van der Waals surface area contributed by atoms with E-state index in [1.165, 1.54) is 17.8 Å².